The smallest absolute Gasteiger partial charge is 0.116 e. The van der Waals surface area contributed by atoms with Crippen LogP contribution in [0.2, 0.25) is 0 Å². The summed E-state index contributed by atoms with van der Waals surface area (Å²) in [4.78, 5) is 14.0. The fourth-order valence-corrected chi connectivity index (χ4v) is 6.53. The maximum atomic E-state index is 5.02. The zero-order chi connectivity index (χ0) is 26.2. The normalized spacial score (nSPS) is 12.0. The first kappa shape index (κ1) is 21.4. The van der Waals surface area contributed by atoms with Crippen LogP contribution in [0.3, 0.4) is 0 Å². The Bertz CT molecular complexity index is 2430. The topological polar surface area (TPSA) is 48.5 Å². The Hall–Kier alpha value is -5.55. The second kappa shape index (κ2) is 7.98. The minimum absolute atomic E-state index is 0.914. The molecule has 0 atom stereocenters. The minimum Gasteiger partial charge on any atom is -0.307 e. The van der Waals surface area contributed by atoms with Crippen LogP contribution in [-0.4, -0.2) is 24.1 Å². The lowest BCUT2D eigenvalue weighted by molar-refractivity contribution is 1.15. The van der Waals surface area contributed by atoms with Crippen LogP contribution < -0.4 is 0 Å². The highest BCUT2D eigenvalue weighted by molar-refractivity contribution is 6.35. The Morgan fingerprint density at radius 3 is 2.05 bits per heavy atom. The second-order valence-electron chi connectivity index (χ2n) is 10.1. The highest BCUT2D eigenvalue weighted by Gasteiger charge is 2.25. The summed E-state index contributed by atoms with van der Waals surface area (Å²) in [6.07, 6.45) is 5.43. The molecule has 0 unspecified atom stereocenters. The summed E-state index contributed by atoms with van der Waals surface area (Å²) < 4.78 is 4.81. The molecule has 0 fully saturated rings. The number of pyridine rings is 1. The molecule has 0 saturated heterocycles. The lowest BCUT2D eigenvalue weighted by Gasteiger charge is -2.14. The van der Waals surface area contributed by atoms with Crippen LogP contribution in [0, 0.1) is 0 Å². The van der Waals surface area contributed by atoms with Gasteiger partial charge in [0.2, 0.25) is 0 Å². The number of para-hydroxylation sites is 3. The van der Waals surface area contributed by atoms with E-state index in [0.717, 1.165) is 55.1 Å². The SMILES string of the molecule is c1ccc(-n2c3ccccc3c3c4cccnc4c4c5ccccc5n(-c5cccc6ncncc56)c4c32)cc1. The molecular formula is C35H21N5. The third kappa shape index (κ3) is 2.73. The van der Waals surface area contributed by atoms with Crippen molar-refractivity contribution >= 4 is 65.4 Å². The molecule has 186 valence electrons. The summed E-state index contributed by atoms with van der Waals surface area (Å²) in [6, 6.07) is 38.5. The van der Waals surface area contributed by atoms with E-state index in [0.29, 0.717) is 0 Å². The third-order valence-corrected chi connectivity index (χ3v) is 8.07. The van der Waals surface area contributed by atoms with Crippen molar-refractivity contribution in [1.82, 2.24) is 24.1 Å². The summed E-state index contributed by atoms with van der Waals surface area (Å²) >= 11 is 0. The van der Waals surface area contributed by atoms with E-state index in [1.165, 1.54) is 21.7 Å². The maximum Gasteiger partial charge on any atom is 0.116 e. The number of rotatable bonds is 2. The van der Waals surface area contributed by atoms with Crippen LogP contribution in [0.5, 0.6) is 0 Å². The van der Waals surface area contributed by atoms with Crippen molar-refractivity contribution in [2.24, 2.45) is 0 Å². The Kier molecular flexibility index (Phi) is 4.27. The van der Waals surface area contributed by atoms with E-state index in [-0.39, 0.29) is 0 Å². The Morgan fingerprint density at radius 1 is 0.500 bits per heavy atom. The van der Waals surface area contributed by atoms with Gasteiger partial charge in [0.05, 0.1) is 38.8 Å². The molecule has 5 nitrogen and oxygen atoms in total. The van der Waals surface area contributed by atoms with E-state index in [1.807, 2.05) is 24.5 Å². The van der Waals surface area contributed by atoms with Crippen LogP contribution in [0.4, 0.5) is 0 Å². The van der Waals surface area contributed by atoms with Crippen molar-refractivity contribution in [3.8, 4) is 11.4 Å². The van der Waals surface area contributed by atoms with Crippen molar-refractivity contribution in [3.63, 3.8) is 0 Å². The van der Waals surface area contributed by atoms with Crippen LogP contribution in [0.25, 0.3) is 76.8 Å². The van der Waals surface area contributed by atoms with Gasteiger partial charge in [-0.25, -0.2) is 9.97 Å². The maximum absolute atomic E-state index is 5.02. The lowest BCUT2D eigenvalue weighted by atomic mass is 10.0. The van der Waals surface area contributed by atoms with Gasteiger partial charge < -0.3 is 9.13 Å². The average molecular weight is 512 g/mol. The fraction of sp³-hybridized carbons (Fsp3) is 0. The Balaban J connectivity index is 1.67. The monoisotopic (exact) mass is 511 g/mol. The van der Waals surface area contributed by atoms with E-state index in [4.69, 9.17) is 4.98 Å². The van der Waals surface area contributed by atoms with Gasteiger partial charge in [-0.2, -0.15) is 0 Å². The minimum atomic E-state index is 0.914. The third-order valence-electron chi connectivity index (χ3n) is 8.07. The van der Waals surface area contributed by atoms with Gasteiger partial charge in [0.25, 0.3) is 0 Å². The zero-order valence-corrected chi connectivity index (χ0v) is 21.4. The predicted octanol–water partition coefficient (Wildman–Crippen LogP) is 8.37. The summed E-state index contributed by atoms with van der Waals surface area (Å²) in [5.74, 6) is 0. The van der Waals surface area contributed by atoms with Crippen LogP contribution in [0.15, 0.2) is 128 Å². The summed E-state index contributed by atoms with van der Waals surface area (Å²) in [5, 5.41) is 6.88. The molecule has 0 saturated carbocycles. The van der Waals surface area contributed by atoms with Gasteiger partial charge in [-0.3, -0.25) is 4.98 Å². The molecule has 0 N–H and O–H groups in total. The molecule has 5 heteroatoms. The number of hydrogen-bond donors (Lipinski definition) is 0. The summed E-state index contributed by atoms with van der Waals surface area (Å²) in [6.45, 7) is 0. The molecule has 0 aliphatic carbocycles. The number of hydrogen-bond acceptors (Lipinski definition) is 3. The van der Waals surface area contributed by atoms with Gasteiger partial charge in [-0.05, 0) is 42.5 Å². The number of benzene rings is 5. The van der Waals surface area contributed by atoms with Crippen LogP contribution in [-0.2, 0) is 0 Å². The van der Waals surface area contributed by atoms with E-state index in [9.17, 15) is 0 Å². The highest BCUT2D eigenvalue weighted by atomic mass is 15.1. The van der Waals surface area contributed by atoms with E-state index < -0.39 is 0 Å². The second-order valence-corrected chi connectivity index (χ2v) is 10.1. The van der Waals surface area contributed by atoms with Gasteiger partial charge in [0.15, 0.2) is 0 Å². The molecule has 9 aromatic rings. The Morgan fingerprint density at radius 2 is 1.20 bits per heavy atom. The number of aromatic nitrogens is 5. The van der Waals surface area contributed by atoms with Crippen molar-refractivity contribution < 1.29 is 0 Å². The molecule has 0 radical (unpaired) electrons. The average Bonchev–Trinajstić information content (AvgIpc) is 3.55. The van der Waals surface area contributed by atoms with Gasteiger partial charge in [-0.15, -0.1) is 0 Å². The molecule has 0 spiro atoms. The van der Waals surface area contributed by atoms with E-state index in [2.05, 4.69) is 116 Å². The quantitative estimate of drug-likeness (QED) is 0.234. The molecule has 5 aromatic carbocycles. The molecule has 40 heavy (non-hydrogen) atoms. The first-order valence-electron chi connectivity index (χ1n) is 13.4. The molecule has 0 bridgehead atoms. The van der Waals surface area contributed by atoms with Gasteiger partial charge in [0, 0.05) is 50.4 Å². The van der Waals surface area contributed by atoms with E-state index >= 15 is 0 Å². The van der Waals surface area contributed by atoms with Crippen molar-refractivity contribution in [1.29, 1.82) is 0 Å². The van der Waals surface area contributed by atoms with Crippen molar-refractivity contribution in [2.45, 2.75) is 0 Å². The van der Waals surface area contributed by atoms with Crippen LogP contribution in [0.1, 0.15) is 0 Å². The molecule has 0 aliphatic heterocycles. The lowest BCUT2D eigenvalue weighted by Crippen LogP contribution is -2.00. The molecule has 9 rings (SSSR count). The van der Waals surface area contributed by atoms with Gasteiger partial charge >= 0.3 is 0 Å². The molecule has 4 aromatic heterocycles. The highest BCUT2D eigenvalue weighted by Crippen LogP contribution is 2.46. The Labute approximate surface area is 228 Å². The summed E-state index contributed by atoms with van der Waals surface area (Å²) in [5.41, 5.74) is 8.66. The van der Waals surface area contributed by atoms with Gasteiger partial charge in [0.1, 0.15) is 6.33 Å². The van der Waals surface area contributed by atoms with Crippen LogP contribution >= 0.6 is 0 Å². The largest absolute Gasteiger partial charge is 0.307 e. The molecule has 0 aliphatic rings. The van der Waals surface area contributed by atoms with Gasteiger partial charge in [-0.1, -0.05) is 66.7 Å². The molecular weight excluding hydrogens is 490 g/mol. The van der Waals surface area contributed by atoms with Crippen molar-refractivity contribution in [2.75, 3.05) is 0 Å². The van der Waals surface area contributed by atoms with Crippen molar-refractivity contribution in [3.05, 3.63) is 128 Å². The molecule has 0 amide bonds. The summed E-state index contributed by atoms with van der Waals surface area (Å²) in [7, 11) is 0. The zero-order valence-electron chi connectivity index (χ0n) is 21.4. The standard InChI is InChI=1S/C35H21N5/c1-2-10-22(11-3-1)39-28-16-6-4-12-23(28)31-25-14-9-19-37-33(25)32-24-13-5-7-17-29(24)40(35(32)34(31)39)30-18-8-15-27-26(30)20-36-21-38-27/h1-21H. The molecule has 4 heterocycles. The first-order chi connectivity index (χ1) is 19.9. The number of fused-ring (bicyclic) bond motifs is 11. The predicted molar refractivity (Wildman–Crippen MR) is 164 cm³/mol. The number of nitrogens with zero attached hydrogens (tertiary/aromatic N) is 5. The fourth-order valence-electron chi connectivity index (χ4n) is 6.53. The first-order valence-corrected chi connectivity index (χ1v) is 13.4. The van der Waals surface area contributed by atoms with E-state index in [1.54, 1.807) is 6.33 Å².